The molecule has 1 saturated heterocycles. The zero-order valence-corrected chi connectivity index (χ0v) is 18.2. The molecule has 1 aromatic carbocycles. The number of imidazole rings is 1. The second-order valence-corrected chi connectivity index (χ2v) is 10.1. The highest BCUT2D eigenvalue weighted by Crippen LogP contribution is 2.44. The normalized spacial score (nSPS) is 18.8. The zero-order valence-electron chi connectivity index (χ0n) is 16.5. The summed E-state index contributed by atoms with van der Waals surface area (Å²) >= 11 is 3.38. The van der Waals surface area contributed by atoms with Gasteiger partial charge in [0.25, 0.3) is 0 Å². The minimum Gasteiger partial charge on any atom is -0.342 e. The number of nitrogens with zero attached hydrogens (tertiary/aromatic N) is 5. The molecule has 6 rings (SSSR count). The molecule has 1 N–H and O–H groups in total. The number of benzene rings is 1. The van der Waals surface area contributed by atoms with Crippen LogP contribution in [-0.2, 0) is 0 Å². The number of thiazole rings is 1. The van der Waals surface area contributed by atoms with Gasteiger partial charge in [0.2, 0.25) is 5.95 Å². The van der Waals surface area contributed by atoms with Gasteiger partial charge in [-0.05, 0) is 44.2 Å². The van der Waals surface area contributed by atoms with Crippen LogP contribution in [0.5, 0.6) is 0 Å². The van der Waals surface area contributed by atoms with Crippen LogP contribution in [0.25, 0.3) is 15.9 Å². The first-order chi connectivity index (χ1) is 14.7. The fraction of sp³-hybridized carbons (Fsp3) is 0.364. The Hall–Kier alpha value is -2.45. The third-order valence-corrected chi connectivity index (χ3v) is 8.71. The minimum absolute atomic E-state index is 0.160. The maximum atomic E-state index is 8.39. The molecule has 152 valence electrons. The van der Waals surface area contributed by atoms with E-state index in [0.717, 1.165) is 60.1 Å². The van der Waals surface area contributed by atoms with Crippen LogP contribution in [0, 0.1) is 10.8 Å². The third kappa shape index (κ3) is 2.85. The van der Waals surface area contributed by atoms with Crippen molar-refractivity contribution in [2.45, 2.75) is 41.9 Å². The molecule has 0 radical (unpaired) electrons. The van der Waals surface area contributed by atoms with Crippen LogP contribution < -0.4 is 4.90 Å². The number of piperidine rings is 1. The molecule has 2 fully saturated rings. The molecule has 1 spiro atoms. The van der Waals surface area contributed by atoms with Crippen LogP contribution in [0.2, 0.25) is 0 Å². The highest BCUT2D eigenvalue weighted by atomic mass is 32.2. The van der Waals surface area contributed by atoms with E-state index in [2.05, 4.69) is 37.5 Å². The second-order valence-electron chi connectivity index (χ2n) is 8.20. The van der Waals surface area contributed by atoms with Gasteiger partial charge in [0.15, 0.2) is 5.65 Å². The standard InChI is InChI=1S/C22H22N6S2/c23-18-5-2-6-22(18)7-10-27(11-8-22)21-25-13-17(20-24-9-12-28(20)21)30-16-4-1-3-15-19(16)29-14-26-15/h1,3-4,9,12-14,23H,2,5-8,10-11H2. The van der Waals surface area contributed by atoms with Crippen LogP contribution in [0.3, 0.4) is 0 Å². The van der Waals surface area contributed by atoms with Crippen LogP contribution >= 0.6 is 23.1 Å². The summed E-state index contributed by atoms with van der Waals surface area (Å²) in [6.45, 7) is 1.91. The van der Waals surface area contributed by atoms with Crippen molar-refractivity contribution in [2.24, 2.45) is 5.41 Å². The Kier molecular flexibility index (Phi) is 4.31. The van der Waals surface area contributed by atoms with Crippen molar-refractivity contribution in [2.75, 3.05) is 18.0 Å². The first-order valence-electron chi connectivity index (χ1n) is 10.4. The first kappa shape index (κ1) is 18.3. The van der Waals surface area contributed by atoms with E-state index in [0.29, 0.717) is 0 Å². The molecule has 4 aromatic rings. The maximum Gasteiger partial charge on any atom is 0.211 e. The molecule has 1 aliphatic carbocycles. The molecule has 0 atom stereocenters. The summed E-state index contributed by atoms with van der Waals surface area (Å²) in [4.78, 5) is 18.5. The lowest BCUT2D eigenvalue weighted by Gasteiger charge is -2.40. The number of fused-ring (bicyclic) bond motifs is 2. The smallest absolute Gasteiger partial charge is 0.211 e. The number of nitrogens with one attached hydrogen (secondary N) is 1. The lowest BCUT2D eigenvalue weighted by molar-refractivity contribution is 0.316. The monoisotopic (exact) mass is 434 g/mol. The Morgan fingerprint density at radius 1 is 1.07 bits per heavy atom. The quantitative estimate of drug-likeness (QED) is 0.475. The Labute approximate surface area is 182 Å². The average Bonchev–Trinajstić information content (AvgIpc) is 3.51. The maximum absolute atomic E-state index is 8.39. The molecule has 8 heteroatoms. The number of hydrogen-bond acceptors (Lipinski definition) is 7. The van der Waals surface area contributed by atoms with Gasteiger partial charge in [-0.25, -0.2) is 15.0 Å². The fourth-order valence-corrected chi connectivity index (χ4v) is 6.85. The van der Waals surface area contributed by atoms with Gasteiger partial charge in [0.05, 0.1) is 20.6 Å². The summed E-state index contributed by atoms with van der Waals surface area (Å²) in [6.07, 6.45) is 11.3. The van der Waals surface area contributed by atoms with E-state index in [-0.39, 0.29) is 5.41 Å². The predicted octanol–water partition coefficient (Wildman–Crippen LogP) is 5.28. The molecule has 3 aromatic heterocycles. The molecule has 0 bridgehead atoms. The average molecular weight is 435 g/mol. The van der Waals surface area contributed by atoms with Gasteiger partial charge in [0.1, 0.15) is 0 Å². The molecule has 4 heterocycles. The van der Waals surface area contributed by atoms with Gasteiger partial charge >= 0.3 is 0 Å². The van der Waals surface area contributed by atoms with Crippen molar-refractivity contribution >= 4 is 50.6 Å². The Bertz CT molecular complexity index is 1250. The summed E-state index contributed by atoms with van der Waals surface area (Å²) in [5, 5.41) is 8.39. The van der Waals surface area contributed by atoms with Gasteiger partial charge in [-0.15, -0.1) is 11.3 Å². The predicted molar refractivity (Wildman–Crippen MR) is 122 cm³/mol. The summed E-state index contributed by atoms with van der Waals surface area (Å²) < 4.78 is 3.32. The van der Waals surface area contributed by atoms with Crippen molar-refractivity contribution < 1.29 is 0 Å². The first-order valence-corrected chi connectivity index (χ1v) is 12.1. The van der Waals surface area contributed by atoms with Crippen LogP contribution in [-0.4, -0.2) is 38.2 Å². The van der Waals surface area contributed by atoms with Crippen molar-refractivity contribution in [3.63, 3.8) is 0 Å². The molecular formula is C22H22N6S2. The Balaban J connectivity index is 1.31. The minimum atomic E-state index is 0.160. The van der Waals surface area contributed by atoms with E-state index >= 15 is 0 Å². The molecule has 1 aliphatic heterocycles. The lowest BCUT2D eigenvalue weighted by Crippen LogP contribution is -2.43. The number of anilines is 1. The topological polar surface area (TPSA) is 70.2 Å². The van der Waals surface area contributed by atoms with Crippen molar-refractivity contribution in [3.05, 3.63) is 42.3 Å². The van der Waals surface area contributed by atoms with Crippen molar-refractivity contribution in [3.8, 4) is 0 Å². The van der Waals surface area contributed by atoms with Crippen LogP contribution in [0.4, 0.5) is 5.95 Å². The number of aromatic nitrogens is 4. The van der Waals surface area contributed by atoms with Gasteiger partial charge in [-0.3, -0.25) is 4.40 Å². The molecule has 6 nitrogen and oxygen atoms in total. The SMILES string of the molecule is N=C1CCCC12CCN(c1ncc(Sc3cccc4ncsc34)c3nccn13)CC2. The largest absolute Gasteiger partial charge is 0.342 e. The highest BCUT2D eigenvalue weighted by Gasteiger charge is 2.41. The molecule has 30 heavy (non-hydrogen) atoms. The zero-order chi connectivity index (χ0) is 20.1. The van der Waals surface area contributed by atoms with E-state index < -0.39 is 0 Å². The second kappa shape index (κ2) is 7.06. The Morgan fingerprint density at radius 3 is 2.80 bits per heavy atom. The number of rotatable bonds is 3. The van der Waals surface area contributed by atoms with E-state index in [4.69, 9.17) is 10.4 Å². The summed E-state index contributed by atoms with van der Waals surface area (Å²) in [7, 11) is 0. The van der Waals surface area contributed by atoms with E-state index in [1.165, 1.54) is 22.4 Å². The molecule has 0 amide bonds. The van der Waals surface area contributed by atoms with E-state index in [1.807, 2.05) is 24.1 Å². The summed E-state index contributed by atoms with van der Waals surface area (Å²) in [5.74, 6) is 0.960. The summed E-state index contributed by atoms with van der Waals surface area (Å²) in [5.41, 5.74) is 5.02. The van der Waals surface area contributed by atoms with E-state index in [1.54, 1.807) is 23.1 Å². The Morgan fingerprint density at radius 2 is 1.97 bits per heavy atom. The van der Waals surface area contributed by atoms with Gasteiger partial charge in [-0.2, -0.15) is 0 Å². The molecular weight excluding hydrogens is 412 g/mol. The van der Waals surface area contributed by atoms with Crippen molar-refractivity contribution in [1.29, 1.82) is 5.41 Å². The third-order valence-electron chi connectivity index (χ3n) is 6.64. The van der Waals surface area contributed by atoms with Gasteiger partial charge in [-0.1, -0.05) is 17.8 Å². The van der Waals surface area contributed by atoms with E-state index in [9.17, 15) is 0 Å². The molecule has 1 saturated carbocycles. The fourth-order valence-electron chi connectivity index (χ4n) is 4.95. The highest BCUT2D eigenvalue weighted by molar-refractivity contribution is 8.00. The van der Waals surface area contributed by atoms with Gasteiger partial charge < -0.3 is 10.3 Å². The summed E-state index contributed by atoms with van der Waals surface area (Å²) in [6, 6.07) is 6.24. The lowest BCUT2D eigenvalue weighted by atomic mass is 9.76. The molecule has 2 aliphatic rings. The van der Waals surface area contributed by atoms with Crippen LogP contribution in [0.15, 0.2) is 52.1 Å². The van der Waals surface area contributed by atoms with Crippen LogP contribution in [0.1, 0.15) is 32.1 Å². The van der Waals surface area contributed by atoms with Gasteiger partial charge in [0, 0.05) is 47.7 Å². The molecule has 0 unspecified atom stereocenters. The number of hydrogen-bond donors (Lipinski definition) is 1. The van der Waals surface area contributed by atoms with Crippen molar-refractivity contribution in [1.82, 2.24) is 19.4 Å².